The van der Waals surface area contributed by atoms with Gasteiger partial charge in [-0.3, -0.25) is 33.6 Å². The van der Waals surface area contributed by atoms with Crippen LogP contribution in [-0.4, -0.2) is 125 Å². The molecule has 1 aromatic rings. The van der Waals surface area contributed by atoms with Gasteiger partial charge in [0.1, 0.15) is 36.0 Å². The molecule has 5 atom stereocenters. The lowest BCUT2D eigenvalue weighted by Crippen LogP contribution is -2.59. The number of thioether (sulfide) groups is 1. The summed E-state index contributed by atoms with van der Waals surface area (Å²) in [6.07, 6.45) is 0.133. The first-order valence-corrected chi connectivity index (χ1v) is 16.2. The topological polar surface area (TPSA) is 286 Å². The highest BCUT2D eigenvalue weighted by atomic mass is 32.2. The third-order valence-electron chi connectivity index (χ3n) is 7.57. The maximum atomic E-state index is 13.6. The Bertz CT molecular complexity index is 1300. The predicted molar refractivity (Wildman–Crippen MR) is 173 cm³/mol. The fraction of sp³-hybridized carbons (Fsp3) is 0.552. The van der Waals surface area contributed by atoms with Gasteiger partial charge in [-0.15, -0.1) is 0 Å². The fourth-order valence-corrected chi connectivity index (χ4v) is 5.46. The summed E-state index contributed by atoms with van der Waals surface area (Å²) in [5.41, 5.74) is 22.3. The summed E-state index contributed by atoms with van der Waals surface area (Å²) in [5, 5.41) is 17.2. The van der Waals surface area contributed by atoms with E-state index in [1.165, 1.54) is 42.8 Å². The number of amides is 7. The van der Waals surface area contributed by atoms with Gasteiger partial charge in [-0.2, -0.15) is 11.8 Å². The molecule has 1 saturated heterocycles. The van der Waals surface area contributed by atoms with Gasteiger partial charge in [0.15, 0.2) is 0 Å². The number of phenolic OH excluding ortho intramolecular Hbond substituents is 1. The van der Waals surface area contributed by atoms with Crippen LogP contribution in [0.4, 0.5) is 0 Å². The Morgan fingerprint density at radius 3 is 2.23 bits per heavy atom. The van der Waals surface area contributed by atoms with E-state index < -0.39 is 78.0 Å². The third-order valence-corrected chi connectivity index (χ3v) is 8.56. The van der Waals surface area contributed by atoms with Crippen molar-refractivity contribution in [3.8, 4) is 5.75 Å². The molecule has 18 heteroatoms. The Labute approximate surface area is 276 Å². The fourth-order valence-electron chi connectivity index (χ4n) is 4.88. The van der Waals surface area contributed by atoms with Gasteiger partial charge in [0.2, 0.25) is 41.4 Å². The number of nitrogens with zero attached hydrogens (tertiary/aromatic N) is 2. The summed E-state index contributed by atoms with van der Waals surface area (Å²) >= 11 is 1.29. The first-order chi connectivity index (χ1) is 22.2. The van der Waals surface area contributed by atoms with Crippen molar-refractivity contribution < 1.29 is 38.7 Å². The van der Waals surface area contributed by atoms with Gasteiger partial charge < -0.3 is 53.8 Å². The first-order valence-electron chi connectivity index (χ1n) is 15.0. The number of carbonyl (C=O) groups excluding carboxylic acids is 7. The Hall–Kier alpha value is -4.42. The SMILES string of the molecule is C[C@@H](C(=O)N[C@@H](CC(N)=O)C(=O)N1CCC[C@H]1C(=O)N[C@@H](CN)C(N)=O)N(C)C(=O)[C@H](Cc1ccc(O)cc1)NC(=O)CSCCN. The number of primary amides is 2. The van der Waals surface area contributed by atoms with Crippen LogP contribution >= 0.6 is 11.8 Å². The number of nitrogens with two attached hydrogens (primary N) is 4. The lowest BCUT2D eigenvalue weighted by Gasteiger charge is -2.32. The molecule has 17 nitrogen and oxygen atoms in total. The average Bonchev–Trinajstić information content (AvgIpc) is 3.52. The maximum absolute atomic E-state index is 13.6. The number of nitrogens with one attached hydrogen (secondary N) is 3. The highest BCUT2D eigenvalue weighted by molar-refractivity contribution is 7.99. The number of likely N-dealkylation sites (N-methyl/N-ethyl adjacent to an activating group) is 1. The molecule has 12 N–H and O–H groups in total. The zero-order valence-electron chi connectivity index (χ0n) is 26.5. The molecule has 0 bridgehead atoms. The van der Waals surface area contributed by atoms with Crippen molar-refractivity contribution in [2.45, 2.75) is 62.8 Å². The number of hydrogen-bond donors (Lipinski definition) is 8. The number of likely N-dealkylation sites (tertiary alicyclic amines) is 1. The minimum Gasteiger partial charge on any atom is -0.508 e. The minimum atomic E-state index is -1.46. The van der Waals surface area contributed by atoms with Crippen LogP contribution in [0.2, 0.25) is 0 Å². The summed E-state index contributed by atoms with van der Waals surface area (Å²) in [5.74, 6) is -4.40. The molecule has 1 aliphatic heterocycles. The van der Waals surface area contributed by atoms with Crippen LogP contribution in [0.5, 0.6) is 5.75 Å². The number of hydrogen-bond acceptors (Lipinski definition) is 11. The van der Waals surface area contributed by atoms with Crippen LogP contribution in [0, 0.1) is 0 Å². The molecule has 0 radical (unpaired) electrons. The van der Waals surface area contributed by atoms with E-state index in [1.807, 2.05) is 0 Å². The molecule has 0 aliphatic carbocycles. The second-order valence-corrected chi connectivity index (χ2v) is 12.2. The summed E-state index contributed by atoms with van der Waals surface area (Å²) in [6.45, 7) is 1.65. The minimum absolute atomic E-state index is 0.0209. The van der Waals surface area contributed by atoms with Crippen molar-refractivity contribution in [3.63, 3.8) is 0 Å². The van der Waals surface area contributed by atoms with Crippen molar-refractivity contribution in [1.82, 2.24) is 25.8 Å². The number of aromatic hydroxyl groups is 1. The second-order valence-electron chi connectivity index (χ2n) is 11.1. The largest absolute Gasteiger partial charge is 0.508 e. The van der Waals surface area contributed by atoms with Gasteiger partial charge in [0.05, 0.1) is 12.2 Å². The van der Waals surface area contributed by atoms with Crippen LogP contribution in [0.25, 0.3) is 0 Å². The molecular weight excluding hydrogens is 634 g/mol. The highest BCUT2D eigenvalue weighted by Gasteiger charge is 2.40. The summed E-state index contributed by atoms with van der Waals surface area (Å²) < 4.78 is 0. The van der Waals surface area contributed by atoms with E-state index in [0.29, 0.717) is 24.3 Å². The molecule has 7 amide bonds. The van der Waals surface area contributed by atoms with E-state index in [0.717, 1.165) is 4.90 Å². The van der Waals surface area contributed by atoms with Crippen LogP contribution in [-0.2, 0) is 40.0 Å². The summed E-state index contributed by atoms with van der Waals surface area (Å²) in [7, 11) is 1.35. The van der Waals surface area contributed by atoms with E-state index in [4.69, 9.17) is 22.9 Å². The van der Waals surface area contributed by atoms with Gasteiger partial charge in [0, 0.05) is 38.9 Å². The van der Waals surface area contributed by atoms with Gasteiger partial charge >= 0.3 is 0 Å². The molecule has 0 spiro atoms. The lowest BCUT2D eigenvalue weighted by atomic mass is 10.0. The Morgan fingerprint density at radius 1 is 1.00 bits per heavy atom. The molecule has 1 aromatic carbocycles. The lowest BCUT2D eigenvalue weighted by molar-refractivity contribution is -0.145. The molecule has 0 saturated carbocycles. The van der Waals surface area contributed by atoms with Crippen molar-refractivity contribution in [3.05, 3.63) is 29.8 Å². The van der Waals surface area contributed by atoms with Crippen molar-refractivity contribution in [2.24, 2.45) is 22.9 Å². The third kappa shape index (κ3) is 11.7. The van der Waals surface area contributed by atoms with Crippen LogP contribution < -0.4 is 38.9 Å². The number of rotatable bonds is 18. The van der Waals surface area contributed by atoms with Crippen molar-refractivity contribution >= 4 is 53.1 Å². The van der Waals surface area contributed by atoms with Crippen molar-refractivity contribution in [1.29, 1.82) is 0 Å². The number of carbonyl (C=O) groups is 7. The van der Waals surface area contributed by atoms with Crippen molar-refractivity contribution in [2.75, 3.05) is 38.2 Å². The molecule has 2 rings (SSSR count). The average molecular weight is 680 g/mol. The normalized spacial score (nSPS) is 16.7. The quantitative estimate of drug-likeness (QED) is 0.0697. The number of benzene rings is 1. The van der Waals surface area contributed by atoms with Gasteiger partial charge in [-0.25, -0.2) is 0 Å². The van der Waals surface area contributed by atoms with E-state index in [1.54, 1.807) is 12.1 Å². The standard InChI is InChI=1S/C29H45N9O8S/c1-16(37(2)28(45)19(34-24(41)15-47-11-9-30)12-17-5-7-18(39)8-6-17)26(43)35-20(13-23(32)40)29(46)38-10-3-4-22(38)27(44)36-21(14-31)25(33)42/h5-8,16,19-22,39H,3-4,9-15,30-31H2,1-2H3,(H2,32,40)(H2,33,42)(H,34,41)(H,35,43)(H,36,44)/t16-,19-,20-,21-,22-/m0/s1. The van der Waals surface area contributed by atoms with Crippen LogP contribution in [0.15, 0.2) is 24.3 Å². The zero-order chi connectivity index (χ0) is 35.3. The van der Waals surface area contributed by atoms with E-state index in [2.05, 4.69) is 16.0 Å². The maximum Gasteiger partial charge on any atom is 0.246 e. The first kappa shape index (κ1) is 38.8. The predicted octanol–water partition coefficient (Wildman–Crippen LogP) is -3.76. The second kappa shape index (κ2) is 18.7. The molecule has 0 aromatic heterocycles. The molecule has 1 aliphatic rings. The van der Waals surface area contributed by atoms with Gasteiger partial charge in [-0.05, 0) is 37.5 Å². The van der Waals surface area contributed by atoms with Crippen LogP contribution in [0.1, 0.15) is 31.7 Å². The smallest absolute Gasteiger partial charge is 0.246 e. The monoisotopic (exact) mass is 679 g/mol. The summed E-state index contributed by atoms with van der Waals surface area (Å²) in [4.78, 5) is 91.8. The van der Waals surface area contributed by atoms with Gasteiger partial charge in [-0.1, -0.05) is 12.1 Å². The molecular formula is C29H45N9O8S. The Kier molecular flexibility index (Phi) is 15.4. The molecule has 1 fully saturated rings. The van der Waals surface area contributed by atoms with Crippen LogP contribution in [0.3, 0.4) is 0 Å². The molecule has 260 valence electrons. The Balaban J connectivity index is 2.20. The summed E-state index contributed by atoms with van der Waals surface area (Å²) in [6, 6.07) is 0.162. The molecule has 1 heterocycles. The highest BCUT2D eigenvalue weighted by Crippen LogP contribution is 2.20. The number of phenols is 1. The molecule has 47 heavy (non-hydrogen) atoms. The van der Waals surface area contributed by atoms with E-state index in [-0.39, 0.29) is 37.4 Å². The van der Waals surface area contributed by atoms with Gasteiger partial charge in [0.25, 0.3) is 0 Å². The Morgan fingerprint density at radius 2 is 1.66 bits per heavy atom. The zero-order valence-corrected chi connectivity index (χ0v) is 27.3. The van der Waals surface area contributed by atoms with E-state index in [9.17, 15) is 38.7 Å². The van der Waals surface area contributed by atoms with E-state index >= 15 is 0 Å². The molecule has 0 unspecified atom stereocenters.